The van der Waals surface area contributed by atoms with Crippen molar-refractivity contribution in [3.63, 3.8) is 0 Å². The zero-order valence-corrected chi connectivity index (χ0v) is 12.5. The minimum atomic E-state index is -0.674. The Bertz CT molecular complexity index is 256. The average Bonchev–Trinajstić information content (AvgIpc) is 3.15. The zero-order valence-electron chi connectivity index (χ0n) is 11.7. The highest BCUT2D eigenvalue weighted by molar-refractivity contribution is 7.99. The SMILES string of the molecule is CCCCSCCCC(CC)(NC1CC1)C(=O)O. The molecular weight excluding hydrogens is 246 g/mol. The maximum atomic E-state index is 11.5. The predicted molar refractivity (Wildman–Crippen MR) is 78.3 cm³/mol. The van der Waals surface area contributed by atoms with E-state index in [0.29, 0.717) is 12.5 Å². The summed E-state index contributed by atoms with van der Waals surface area (Å²) >= 11 is 1.95. The van der Waals surface area contributed by atoms with E-state index >= 15 is 0 Å². The van der Waals surface area contributed by atoms with E-state index in [4.69, 9.17) is 0 Å². The summed E-state index contributed by atoms with van der Waals surface area (Å²) in [5.74, 6) is 1.62. The minimum Gasteiger partial charge on any atom is -0.480 e. The Morgan fingerprint density at radius 3 is 2.50 bits per heavy atom. The number of aliphatic carboxylic acids is 1. The van der Waals surface area contributed by atoms with Gasteiger partial charge in [0.05, 0.1) is 0 Å². The van der Waals surface area contributed by atoms with Gasteiger partial charge >= 0.3 is 5.97 Å². The molecule has 3 nitrogen and oxygen atoms in total. The molecule has 1 fully saturated rings. The van der Waals surface area contributed by atoms with Gasteiger partial charge in [0.2, 0.25) is 0 Å². The Morgan fingerprint density at radius 2 is 2.00 bits per heavy atom. The quantitative estimate of drug-likeness (QED) is 0.567. The molecule has 1 saturated carbocycles. The second-order valence-electron chi connectivity index (χ2n) is 5.23. The van der Waals surface area contributed by atoms with Crippen LogP contribution < -0.4 is 5.32 Å². The smallest absolute Gasteiger partial charge is 0.323 e. The summed E-state index contributed by atoms with van der Waals surface area (Å²) in [4.78, 5) is 11.5. The summed E-state index contributed by atoms with van der Waals surface area (Å²) in [6.45, 7) is 4.18. The van der Waals surface area contributed by atoms with Crippen LogP contribution in [0.25, 0.3) is 0 Å². The molecule has 1 aliphatic rings. The summed E-state index contributed by atoms with van der Waals surface area (Å²) < 4.78 is 0. The number of nitrogens with one attached hydrogen (secondary N) is 1. The number of rotatable bonds is 11. The number of hydrogen-bond acceptors (Lipinski definition) is 3. The lowest BCUT2D eigenvalue weighted by Gasteiger charge is -2.29. The van der Waals surface area contributed by atoms with E-state index in [1.165, 1.54) is 18.6 Å². The van der Waals surface area contributed by atoms with Gasteiger partial charge in [-0.15, -0.1) is 0 Å². The molecule has 1 aliphatic carbocycles. The lowest BCUT2D eigenvalue weighted by atomic mass is 9.90. The minimum absolute atomic E-state index is 0.453. The molecule has 0 saturated heterocycles. The molecule has 0 radical (unpaired) electrons. The number of carboxylic acid groups (broad SMARTS) is 1. The van der Waals surface area contributed by atoms with Gasteiger partial charge in [0, 0.05) is 6.04 Å². The number of thioether (sulfide) groups is 1. The fourth-order valence-electron chi connectivity index (χ4n) is 2.11. The third kappa shape index (κ3) is 5.19. The third-order valence-corrected chi connectivity index (χ3v) is 4.76. The van der Waals surface area contributed by atoms with Crippen molar-refractivity contribution in [3.05, 3.63) is 0 Å². The maximum absolute atomic E-state index is 11.5. The van der Waals surface area contributed by atoms with E-state index in [1.807, 2.05) is 18.7 Å². The second kappa shape index (κ2) is 8.05. The maximum Gasteiger partial charge on any atom is 0.323 e. The summed E-state index contributed by atoms with van der Waals surface area (Å²) in [7, 11) is 0. The van der Waals surface area contributed by atoms with Gasteiger partial charge in [0.25, 0.3) is 0 Å². The van der Waals surface area contributed by atoms with Crippen molar-refractivity contribution in [1.82, 2.24) is 5.32 Å². The molecule has 0 amide bonds. The van der Waals surface area contributed by atoms with Crippen molar-refractivity contribution < 1.29 is 9.90 Å². The highest BCUT2D eigenvalue weighted by atomic mass is 32.2. The van der Waals surface area contributed by atoms with E-state index in [0.717, 1.165) is 31.4 Å². The number of carboxylic acids is 1. The highest BCUT2D eigenvalue weighted by Crippen LogP contribution is 2.27. The second-order valence-corrected chi connectivity index (χ2v) is 6.45. The first-order valence-electron chi connectivity index (χ1n) is 7.23. The van der Waals surface area contributed by atoms with E-state index in [2.05, 4.69) is 12.2 Å². The van der Waals surface area contributed by atoms with Gasteiger partial charge in [-0.25, -0.2) is 0 Å². The van der Waals surface area contributed by atoms with E-state index < -0.39 is 11.5 Å². The molecule has 0 spiro atoms. The van der Waals surface area contributed by atoms with Crippen LogP contribution in [0.15, 0.2) is 0 Å². The van der Waals surface area contributed by atoms with Crippen LogP contribution in [0.5, 0.6) is 0 Å². The molecule has 0 aliphatic heterocycles. The van der Waals surface area contributed by atoms with Crippen molar-refractivity contribution in [1.29, 1.82) is 0 Å². The van der Waals surface area contributed by atoms with Crippen LogP contribution >= 0.6 is 11.8 Å². The third-order valence-electron chi connectivity index (χ3n) is 3.61. The lowest BCUT2D eigenvalue weighted by molar-refractivity contribution is -0.145. The normalized spacial score (nSPS) is 18.6. The van der Waals surface area contributed by atoms with Gasteiger partial charge in [0.15, 0.2) is 0 Å². The molecule has 0 heterocycles. The van der Waals surface area contributed by atoms with E-state index in [9.17, 15) is 9.90 Å². The molecule has 0 bridgehead atoms. The van der Waals surface area contributed by atoms with Crippen molar-refractivity contribution >= 4 is 17.7 Å². The van der Waals surface area contributed by atoms with Crippen LogP contribution in [0.4, 0.5) is 0 Å². The molecule has 0 aromatic heterocycles. The molecule has 106 valence electrons. The van der Waals surface area contributed by atoms with Gasteiger partial charge in [-0.2, -0.15) is 11.8 Å². The largest absolute Gasteiger partial charge is 0.480 e. The fraction of sp³-hybridized carbons (Fsp3) is 0.929. The van der Waals surface area contributed by atoms with Gasteiger partial charge < -0.3 is 5.11 Å². The summed E-state index contributed by atoms with van der Waals surface area (Å²) in [6, 6.07) is 0.453. The Labute approximate surface area is 115 Å². The summed E-state index contributed by atoms with van der Waals surface area (Å²) in [5, 5.41) is 12.8. The van der Waals surface area contributed by atoms with Gasteiger partial charge in [0.1, 0.15) is 5.54 Å². The van der Waals surface area contributed by atoms with Crippen molar-refractivity contribution in [2.24, 2.45) is 0 Å². The van der Waals surface area contributed by atoms with Crippen LogP contribution in [0.2, 0.25) is 0 Å². The van der Waals surface area contributed by atoms with Crippen LogP contribution in [0.3, 0.4) is 0 Å². The molecule has 1 rings (SSSR count). The Morgan fingerprint density at radius 1 is 1.33 bits per heavy atom. The molecule has 1 unspecified atom stereocenters. The average molecular weight is 273 g/mol. The molecule has 0 aromatic rings. The van der Waals surface area contributed by atoms with Gasteiger partial charge in [-0.05, 0) is 50.0 Å². The Hall–Kier alpha value is -0.220. The van der Waals surface area contributed by atoms with Crippen LogP contribution in [-0.2, 0) is 4.79 Å². The van der Waals surface area contributed by atoms with Crippen molar-refractivity contribution in [3.8, 4) is 0 Å². The predicted octanol–water partition coefficient (Wildman–Crippen LogP) is 3.29. The zero-order chi connectivity index (χ0) is 13.4. The highest BCUT2D eigenvalue weighted by Gasteiger charge is 2.40. The monoisotopic (exact) mass is 273 g/mol. The Kier molecular flexibility index (Phi) is 7.08. The summed E-state index contributed by atoms with van der Waals surface area (Å²) in [5.41, 5.74) is -0.674. The molecule has 0 aromatic carbocycles. The summed E-state index contributed by atoms with van der Waals surface area (Å²) in [6.07, 6.45) is 7.22. The Balaban J connectivity index is 2.29. The van der Waals surface area contributed by atoms with E-state index in [-0.39, 0.29) is 0 Å². The molecular formula is C14H27NO2S. The van der Waals surface area contributed by atoms with Crippen LogP contribution in [0, 0.1) is 0 Å². The molecule has 18 heavy (non-hydrogen) atoms. The molecule has 1 atom stereocenters. The number of unbranched alkanes of at least 4 members (excludes halogenated alkanes) is 1. The van der Waals surface area contributed by atoms with E-state index in [1.54, 1.807) is 0 Å². The van der Waals surface area contributed by atoms with Crippen LogP contribution in [0.1, 0.15) is 58.8 Å². The molecule has 2 N–H and O–H groups in total. The lowest BCUT2D eigenvalue weighted by Crippen LogP contribution is -2.52. The topological polar surface area (TPSA) is 49.3 Å². The number of carbonyl (C=O) groups is 1. The first-order valence-corrected chi connectivity index (χ1v) is 8.39. The van der Waals surface area contributed by atoms with Gasteiger partial charge in [-0.1, -0.05) is 20.3 Å². The number of hydrogen-bond donors (Lipinski definition) is 2. The standard InChI is InChI=1S/C14H27NO2S/c1-3-5-10-18-11-6-9-14(4-2,13(16)17)15-12-7-8-12/h12,15H,3-11H2,1-2H3,(H,16,17). The molecule has 4 heteroatoms. The van der Waals surface area contributed by atoms with Crippen molar-refractivity contribution in [2.45, 2.75) is 70.4 Å². The van der Waals surface area contributed by atoms with Gasteiger partial charge in [-0.3, -0.25) is 10.1 Å². The first kappa shape index (κ1) is 15.8. The first-order chi connectivity index (χ1) is 8.64. The van der Waals surface area contributed by atoms with Crippen LogP contribution in [-0.4, -0.2) is 34.2 Å². The van der Waals surface area contributed by atoms with Crippen molar-refractivity contribution in [2.75, 3.05) is 11.5 Å². The fourth-order valence-corrected chi connectivity index (χ4v) is 3.16.